The van der Waals surface area contributed by atoms with Crippen LogP contribution in [0.25, 0.3) is 0 Å². The van der Waals surface area contributed by atoms with Crippen molar-refractivity contribution in [1.29, 1.82) is 0 Å². The molecule has 1 aromatic rings. The van der Waals surface area contributed by atoms with Gasteiger partial charge in [-0.3, -0.25) is 4.79 Å². The quantitative estimate of drug-likeness (QED) is 0.817. The van der Waals surface area contributed by atoms with E-state index in [1.807, 2.05) is 13.8 Å². The fraction of sp³-hybridized carbons (Fsp3) is 0.400. The zero-order chi connectivity index (χ0) is 14.3. The average Bonchev–Trinajstić information content (AvgIpc) is 2.42. The smallest absolute Gasteiger partial charge is 0.252 e. The van der Waals surface area contributed by atoms with Gasteiger partial charge in [0.2, 0.25) is 0 Å². The molecule has 0 unspecified atom stereocenters. The molecule has 19 heavy (non-hydrogen) atoms. The second kappa shape index (κ2) is 7.55. The molecule has 0 aliphatic rings. The summed E-state index contributed by atoms with van der Waals surface area (Å²) in [5, 5.41) is 11.6. The number of amides is 1. The number of carbonyl (C=O) groups excluding carboxylic acids is 1. The zero-order valence-electron chi connectivity index (χ0n) is 11.2. The van der Waals surface area contributed by atoms with Crippen LogP contribution in [-0.4, -0.2) is 23.7 Å². The summed E-state index contributed by atoms with van der Waals surface area (Å²) in [5.41, 5.74) is 0.617. The Bertz CT molecular complexity index is 499. The van der Waals surface area contributed by atoms with E-state index in [0.29, 0.717) is 5.56 Å². The second-order valence-corrected chi connectivity index (χ2v) is 4.14. The number of aliphatic hydroxyl groups is 1. The van der Waals surface area contributed by atoms with Gasteiger partial charge in [-0.25, -0.2) is 4.39 Å². The molecule has 0 heterocycles. The minimum absolute atomic E-state index is 0.0937. The van der Waals surface area contributed by atoms with Gasteiger partial charge in [-0.15, -0.1) is 0 Å². The molecule has 4 heteroatoms. The number of hydrogen-bond acceptors (Lipinski definition) is 2. The fourth-order valence-electron chi connectivity index (χ4n) is 1.71. The molecule has 0 saturated heterocycles. The Kier molecular flexibility index (Phi) is 6.04. The van der Waals surface area contributed by atoms with Gasteiger partial charge in [0.05, 0.1) is 5.56 Å². The summed E-state index contributed by atoms with van der Waals surface area (Å²) in [4.78, 5) is 12.1. The molecule has 0 atom stereocenters. The number of nitrogens with one attached hydrogen (secondary N) is 1. The Hall–Kier alpha value is -1.86. The van der Waals surface area contributed by atoms with Gasteiger partial charge in [0, 0.05) is 11.6 Å². The summed E-state index contributed by atoms with van der Waals surface area (Å²) in [6.07, 6.45) is 1.67. The van der Waals surface area contributed by atoms with Crippen LogP contribution in [0.5, 0.6) is 0 Å². The van der Waals surface area contributed by atoms with Crippen molar-refractivity contribution in [2.45, 2.75) is 32.7 Å². The molecule has 0 aliphatic carbocycles. The first-order valence-electron chi connectivity index (χ1n) is 6.32. The van der Waals surface area contributed by atoms with E-state index in [9.17, 15) is 9.18 Å². The molecule has 0 fully saturated rings. The summed E-state index contributed by atoms with van der Waals surface area (Å²) in [7, 11) is 0. The summed E-state index contributed by atoms with van der Waals surface area (Å²) in [6.45, 7) is 3.65. The lowest BCUT2D eigenvalue weighted by molar-refractivity contribution is 0.0934. The van der Waals surface area contributed by atoms with Crippen LogP contribution in [0.4, 0.5) is 4.39 Å². The maximum Gasteiger partial charge on any atom is 0.252 e. The molecule has 3 nitrogen and oxygen atoms in total. The lowest BCUT2D eigenvalue weighted by Gasteiger charge is -2.15. The summed E-state index contributed by atoms with van der Waals surface area (Å²) in [5.74, 6) is 4.30. The molecular weight excluding hydrogens is 245 g/mol. The SMILES string of the molecule is CCC(CC)NC(=O)c1ccc(F)cc1C#CCO. The topological polar surface area (TPSA) is 49.3 Å². The summed E-state index contributed by atoms with van der Waals surface area (Å²) < 4.78 is 13.2. The first-order chi connectivity index (χ1) is 9.12. The molecule has 0 radical (unpaired) electrons. The number of aliphatic hydroxyl groups excluding tert-OH is 1. The normalized spacial score (nSPS) is 9.95. The Labute approximate surface area is 112 Å². The number of halogens is 1. The third-order valence-electron chi connectivity index (χ3n) is 2.85. The van der Waals surface area contributed by atoms with Gasteiger partial charge < -0.3 is 10.4 Å². The zero-order valence-corrected chi connectivity index (χ0v) is 11.2. The van der Waals surface area contributed by atoms with Gasteiger partial charge in [-0.2, -0.15) is 0 Å². The Morgan fingerprint density at radius 2 is 2.11 bits per heavy atom. The molecule has 1 aromatic carbocycles. The first-order valence-corrected chi connectivity index (χ1v) is 6.32. The van der Waals surface area contributed by atoms with Gasteiger partial charge >= 0.3 is 0 Å². The molecule has 102 valence electrons. The molecule has 0 spiro atoms. The van der Waals surface area contributed by atoms with Crippen molar-refractivity contribution in [3.05, 3.63) is 35.1 Å². The predicted molar refractivity (Wildman–Crippen MR) is 72.2 cm³/mol. The maximum atomic E-state index is 13.2. The van der Waals surface area contributed by atoms with Crippen LogP contribution >= 0.6 is 0 Å². The van der Waals surface area contributed by atoms with Crippen molar-refractivity contribution in [3.8, 4) is 11.8 Å². The van der Waals surface area contributed by atoms with Gasteiger partial charge in [0.25, 0.3) is 5.91 Å². The molecule has 2 N–H and O–H groups in total. The van der Waals surface area contributed by atoms with Gasteiger partial charge in [0.15, 0.2) is 0 Å². The molecule has 1 amide bonds. The number of rotatable bonds is 4. The maximum absolute atomic E-state index is 13.2. The minimum atomic E-state index is -0.457. The molecule has 0 bridgehead atoms. The standard InChI is InChI=1S/C15H18FNO2/c1-3-13(4-2)17-15(19)14-8-7-12(16)10-11(14)6-5-9-18/h7-8,10,13,18H,3-4,9H2,1-2H3,(H,17,19). The third-order valence-corrected chi connectivity index (χ3v) is 2.85. The molecule has 0 aromatic heterocycles. The van der Waals surface area contributed by atoms with Crippen molar-refractivity contribution in [2.75, 3.05) is 6.61 Å². The molecular formula is C15H18FNO2. The van der Waals surface area contributed by atoms with Crippen LogP contribution in [-0.2, 0) is 0 Å². The van der Waals surface area contributed by atoms with Crippen LogP contribution < -0.4 is 5.32 Å². The highest BCUT2D eigenvalue weighted by Crippen LogP contribution is 2.11. The fourth-order valence-corrected chi connectivity index (χ4v) is 1.71. The largest absolute Gasteiger partial charge is 0.384 e. The van der Waals surface area contributed by atoms with Gasteiger partial charge in [-0.1, -0.05) is 25.7 Å². The minimum Gasteiger partial charge on any atom is -0.384 e. The Morgan fingerprint density at radius 3 is 2.68 bits per heavy atom. The number of hydrogen-bond donors (Lipinski definition) is 2. The highest BCUT2D eigenvalue weighted by Gasteiger charge is 2.14. The van der Waals surface area contributed by atoms with Crippen LogP contribution in [0.3, 0.4) is 0 Å². The van der Waals surface area contributed by atoms with E-state index >= 15 is 0 Å². The Balaban J connectivity index is 3.01. The average molecular weight is 263 g/mol. The van der Waals surface area contributed by atoms with Crippen molar-refractivity contribution in [1.82, 2.24) is 5.32 Å². The van der Waals surface area contributed by atoms with Crippen LogP contribution in [0.2, 0.25) is 0 Å². The van der Waals surface area contributed by atoms with E-state index in [0.717, 1.165) is 12.8 Å². The first kappa shape index (κ1) is 15.2. The highest BCUT2D eigenvalue weighted by atomic mass is 19.1. The van der Waals surface area contributed by atoms with E-state index in [4.69, 9.17) is 5.11 Å². The highest BCUT2D eigenvalue weighted by molar-refractivity contribution is 5.96. The Morgan fingerprint density at radius 1 is 1.42 bits per heavy atom. The summed E-state index contributed by atoms with van der Waals surface area (Å²) >= 11 is 0. The van der Waals surface area contributed by atoms with Crippen molar-refractivity contribution >= 4 is 5.91 Å². The van der Waals surface area contributed by atoms with Crippen molar-refractivity contribution < 1.29 is 14.3 Å². The van der Waals surface area contributed by atoms with Gasteiger partial charge in [0.1, 0.15) is 12.4 Å². The number of carbonyl (C=O) groups is 1. The summed E-state index contributed by atoms with van der Waals surface area (Å²) in [6, 6.07) is 3.93. The van der Waals surface area contributed by atoms with E-state index in [-0.39, 0.29) is 24.1 Å². The van der Waals surface area contributed by atoms with Crippen LogP contribution in [0.1, 0.15) is 42.6 Å². The van der Waals surface area contributed by atoms with Crippen molar-refractivity contribution in [3.63, 3.8) is 0 Å². The number of benzene rings is 1. The van der Waals surface area contributed by atoms with E-state index in [1.54, 1.807) is 0 Å². The van der Waals surface area contributed by atoms with E-state index in [1.165, 1.54) is 18.2 Å². The van der Waals surface area contributed by atoms with E-state index < -0.39 is 5.82 Å². The van der Waals surface area contributed by atoms with Crippen molar-refractivity contribution in [2.24, 2.45) is 0 Å². The molecule has 0 saturated carbocycles. The van der Waals surface area contributed by atoms with Crippen LogP contribution in [0, 0.1) is 17.7 Å². The predicted octanol–water partition coefficient (Wildman–Crippen LogP) is 2.09. The molecule has 0 aliphatic heterocycles. The van der Waals surface area contributed by atoms with E-state index in [2.05, 4.69) is 17.2 Å². The third kappa shape index (κ3) is 4.38. The lowest BCUT2D eigenvalue weighted by Crippen LogP contribution is -2.34. The monoisotopic (exact) mass is 263 g/mol. The lowest BCUT2D eigenvalue weighted by atomic mass is 10.1. The second-order valence-electron chi connectivity index (χ2n) is 4.14. The van der Waals surface area contributed by atoms with Gasteiger partial charge in [-0.05, 0) is 31.0 Å². The van der Waals surface area contributed by atoms with Crippen LogP contribution in [0.15, 0.2) is 18.2 Å². The molecule has 1 rings (SSSR count).